The van der Waals surface area contributed by atoms with E-state index in [1.807, 2.05) is 54.6 Å². The van der Waals surface area contributed by atoms with Gasteiger partial charge in [-0.3, -0.25) is 4.79 Å². The highest BCUT2D eigenvalue weighted by Crippen LogP contribution is 2.37. The molecule has 3 aromatic carbocycles. The van der Waals surface area contributed by atoms with Gasteiger partial charge in [0.25, 0.3) is 5.91 Å². The summed E-state index contributed by atoms with van der Waals surface area (Å²) in [5, 5.41) is 16.5. The zero-order valence-corrected chi connectivity index (χ0v) is 16.0. The molecule has 1 unspecified atom stereocenters. The molecule has 27 heavy (non-hydrogen) atoms. The Morgan fingerprint density at radius 3 is 2.33 bits per heavy atom. The second kappa shape index (κ2) is 7.37. The molecule has 0 fully saturated rings. The summed E-state index contributed by atoms with van der Waals surface area (Å²) in [4.78, 5) is 13.1. The molecule has 0 aliphatic carbocycles. The molecule has 1 amide bonds. The summed E-state index contributed by atoms with van der Waals surface area (Å²) in [6.07, 6.45) is 0.539. The Hall–Kier alpha value is -2.92. The molecule has 1 atom stereocenters. The molecule has 0 saturated carbocycles. The number of rotatable bonds is 3. The Morgan fingerprint density at radius 2 is 1.63 bits per heavy atom. The fourth-order valence-corrected chi connectivity index (χ4v) is 3.50. The maximum absolute atomic E-state index is 13.1. The van der Waals surface area contributed by atoms with Crippen LogP contribution in [0.2, 0.25) is 0 Å². The Balaban J connectivity index is 1.75. The van der Waals surface area contributed by atoms with Crippen molar-refractivity contribution in [2.45, 2.75) is 12.5 Å². The first kappa shape index (κ1) is 17.5. The fourth-order valence-electron chi connectivity index (χ4n) is 3.24. The summed E-state index contributed by atoms with van der Waals surface area (Å²) in [5.41, 5.74) is 3.04. The fraction of sp³-hybridized carbons (Fsp3) is 0.0909. The highest BCUT2D eigenvalue weighted by Gasteiger charge is 2.34. The van der Waals surface area contributed by atoms with Crippen LogP contribution in [0, 0.1) is 0 Å². The van der Waals surface area contributed by atoms with Crippen molar-refractivity contribution in [1.29, 1.82) is 0 Å². The van der Waals surface area contributed by atoms with Gasteiger partial charge in [0, 0.05) is 22.0 Å². The largest absolute Gasteiger partial charge is 0.508 e. The van der Waals surface area contributed by atoms with Gasteiger partial charge >= 0.3 is 0 Å². The van der Waals surface area contributed by atoms with E-state index in [0.717, 1.165) is 15.7 Å². The number of hydrogen-bond donors (Lipinski definition) is 1. The van der Waals surface area contributed by atoms with Crippen molar-refractivity contribution in [2.75, 3.05) is 0 Å². The van der Waals surface area contributed by atoms with Crippen molar-refractivity contribution in [3.63, 3.8) is 0 Å². The Kier molecular flexibility index (Phi) is 4.77. The van der Waals surface area contributed by atoms with Crippen LogP contribution in [-0.4, -0.2) is 21.7 Å². The minimum absolute atomic E-state index is 0.167. The predicted molar refractivity (Wildman–Crippen MR) is 109 cm³/mol. The molecular formula is C22H17BrN2O2. The summed E-state index contributed by atoms with van der Waals surface area (Å²) < 4.78 is 0.985. The first-order chi connectivity index (χ1) is 13.1. The van der Waals surface area contributed by atoms with Crippen molar-refractivity contribution in [3.8, 4) is 5.75 Å². The highest BCUT2D eigenvalue weighted by atomic mass is 79.9. The van der Waals surface area contributed by atoms with E-state index in [1.165, 1.54) is 5.01 Å². The molecule has 0 saturated heterocycles. The number of nitrogens with zero attached hydrogens (tertiary/aromatic N) is 2. The monoisotopic (exact) mass is 420 g/mol. The van der Waals surface area contributed by atoms with Gasteiger partial charge in [-0.05, 0) is 35.9 Å². The molecule has 4 nitrogen and oxygen atoms in total. The number of hydrogen-bond acceptors (Lipinski definition) is 3. The van der Waals surface area contributed by atoms with Gasteiger partial charge in [-0.1, -0.05) is 64.5 Å². The summed E-state index contributed by atoms with van der Waals surface area (Å²) in [5.74, 6) is -0.0171. The van der Waals surface area contributed by atoms with Gasteiger partial charge in [-0.15, -0.1) is 0 Å². The SMILES string of the molecule is O=C(c1ccccc1)N1N=C(c2ccc(Br)cc2)CC1c1ccccc1O. The Labute approximate surface area is 165 Å². The quantitative estimate of drug-likeness (QED) is 0.636. The van der Waals surface area contributed by atoms with E-state index >= 15 is 0 Å². The number of halogens is 1. The molecule has 5 heteroatoms. The number of amides is 1. The number of phenolic OH excluding ortho intramolecular Hbond substituents is 1. The third-order valence-electron chi connectivity index (χ3n) is 4.61. The van der Waals surface area contributed by atoms with Gasteiger partial charge in [0.05, 0.1) is 11.8 Å². The summed E-state index contributed by atoms with van der Waals surface area (Å²) in [6, 6.07) is 23.7. The standard InChI is InChI=1S/C22H17BrN2O2/c23-17-12-10-15(11-13-17)19-14-20(18-8-4-5-9-21(18)26)25(24-19)22(27)16-6-2-1-3-7-16/h1-13,20,26H,14H2. The molecule has 3 aromatic rings. The summed E-state index contributed by atoms with van der Waals surface area (Å²) in [7, 11) is 0. The average molecular weight is 421 g/mol. The number of phenols is 1. The van der Waals surface area contributed by atoms with Crippen molar-refractivity contribution in [3.05, 3.63) is 100 Å². The lowest BCUT2D eigenvalue weighted by atomic mass is 9.97. The Bertz CT molecular complexity index is 1000. The van der Waals surface area contributed by atoms with Crippen LogP contribution in [-0.2, 0) is 0 Å². The maximum Gasteiger partial charge on any atom is 0.274 e. The van der Waals surface area contributed by atoms with Gasteiger partial charge in [0.15, 0.2) is 0 Å². The normalized spacial score (nSPS) is 16.3. The van der Waals surface area contributed by atoms with Gasteiger partial charge in [0.1, 0.15) is 5.75 Å². The second-order valence-corrected chi connectivity index (χ2v) is 7.26. The molecule has 0 bridgehead atoms. The number of benzene rings is 3. The third kappa shape index (κ3) is 3.51. The van der Waals surface area contributed by atoms with Gasteiger partial charge < -0.3 is 5.11 Å². The lowest BCUT2D eigenvalue weighted by Crippen LogP contribution is -2.27. The molecule has 134 valence electrons. The molecule has 1 aliphatic heterocycles. The van der Waals surface area contributed by atoms with Gasteiger partial charge in [-0.25, -0.2) is 5.01 Å². The average Bonchev–Trinajstić information content (AvgIpc) is 3.14. The lowest BCUT2D eigenvalue weighted by molar-refractivity contribution is 0.0709. The van der Waals surface area contributed by atoms with E-state index < -0.39 is 0 Å². The van der Waals surface area contributed by atoms with Crippen LogP contribution < -0.4 is 0 Å². The summed E-state index contributed by atoms with van der Waals surface area (Å²) >= 11 is 3.44. The molecular weight excluding hydrogens is 404 g/mol. The molecule has 4 rings (SSSR count). The van der Waals surface area contributed by atoms with Gasteiger partial charge in [-0.2, -0.15) is 5.10 Å². The smallest absolute Gasteiger partial charge is 0.274 e. The van der Waals surface area contributed by atoms with Crippen molar-refractivity contribution >= 4 is 27.5 Å². The van der Waals surface area contributed by atoms with E-state index in [-0.39, 0.29) is 17.7 Å². The second-order valence-electron chi connectivity index (χ2n) is 6.35. The molecule has 0 spiro atoms. The predicted octanol–water partition coefficient (Wildman–Crippen LogP) is 5.15. The van der Waals surface area contributed by atoms with Crippen LogP contribution in [0.25, 0.3) is 0 Å². The number of aromatic hydroxyl groups is 1. The van der Waals surface area contributed by atoms with Crippen LogP contribution in [0.5, 0.6) is 5.75 Å². The molecule has 1 aliphatic rings. The number of hydrazone groups is 1. The van der Waals surface area contributed by atoms with Crippen LogP contribution >= 0.6 is 15.9 Å². The van der Waals surface area contributed by atoms with Crippen molar-refractivity contribution in [1.82, 2.24) is 5.01 Å². The highest BCUT2D eigenvalue weighted by molar-refractivity contribution is 9.10. The first-order valence-corrected chi connectivity index (χ1v) is 9.43. The number of para-hydroxylation sites is 1. The molecule has 0 radical (unpaired) electrons. The van der Waals surface area contributed by atoms with Crippen LogP contribution in [0.1, 0.15) is 33.9 Å². The number of carbonyl (C=O) groups is 1. The molecule has 1 N–H and O–H groups in total. The van der Waals surface area contributed by atoms with Crippen LogP contribution in [0.4, 0.5) is 0 Å². The summed E-state index contributed by atoms with van der Waals surface area (Å²) in [6.45, 7) is 0. The topological polar surface area (TPSA) is 52.9 Å². The van der Waals surface area contributed by atoms with Gasteiger partial charge in [0.2, 0.25) is 0 Å². The first-order valence-electron chi connectivity index (χ1n) is 8.63. The van der Waals surface area contributed by atoms with Crippen LogP contribution in [0.3, 0.4) is 0 Å². The van der Waals surface area contributed by atoms with E-state index in [0.29, 0.717) is 17.5 Å². The lowest BCUT2D eigenvalue weighted by Gasteiger charge is -2.22. The van der Waals surface area contributed by atoms with E-state index in [2.05, 4.69) is 21.0 Å². The van der Waals surface area contributed by atoms with Crippen molar-refractivity contribution in [2.24, 2.45) is 5.10 Å². The third-order valence-corrected chi connectivity index (χ3v) is 5.14. The van der Waals surface area contributed by atoms with Crippen molar-refractivity contribution < 1.29 is 9.90 Å². The van der Waals surface area contributed by atoms with E-state index in [4.69, 9.17) is 0 Å². The molecule has 1 heterocycles. The minimum atomic E-state index is -0.349. The maximum atomic E-state index is 13.1. The minimum Gasteiger partial charge on any atom is -0.508 e. The van der Waals surface area contributed by atoms with Crippen LogP contribution in [0.15, 0.2) is 88.4 Å². The zero-order valence-electron chi connectivity index (χ0n) is 14.4. The van der Waals surface area contributed by atoms with E-state index in [1.54, 1.807) is 24.3 Å². The zero-order chi connectivity index (χ0) is 18.8. The molecule has 0 aromatic heterocycles. The van der Waals surface area contributed by atoms with E-state index in [9.17, 15) is 9.90 Å². The number of carbonyl (C=O) groups excluding carboxylic acids is 1. The Morgan fingerprint density at radius 1 is 0.963 bits per heavy atom.